The Morgan fingerprint density at radius 3 is 2.61 bits per heavy atom. The maximum Gasteiger partial charge on any atom is 0.358 e. The molecule has 1 unspecified atom stereocenters. The molecule has 0 amide bonds. The molecule has 5 rings (SSSR count). The minimum Gasteiger partial charge on any atom is -0.371 e. The van der Waals surface area contributed by atoms with Gasteiger partial charge in [0.05, 0.1) is 0 Å². The molecule has 0 aliphatic carbocycles. The van der Waals surface area contributed by atoms with Gasteiger partial charge in [0.1, 0.15) is 18.1 Å². The van der Waals surface area contributed by atoms with Gasteiger partial charge in [-0.1, -0.05) is 18.2 Å². The number of allylic oxidation sites excluding steroid dienone is 2. The van der Waals surface area contributed by atoms with Crippen molar-refractivity contribution in [3.05, 3.63) is 59.1 Å². The van der Waals surface area contributed by atoms with Crippen LogP contribution in [-0.2, 0) is 12.8 Å². The molecule has 0 saturated heterocycles. The van der Waals surface area contributed by atoms with Crippen molar-refractivity contribution in [3.63, 3.8) is 0 Å². The highest BCUT2D eigenvalue weighted by Gasteiger charge is 2.34. The molecule has 0 bridgehead atoms. The van der Waals surface area contributed by atoms with Gasteiger partial charge in [0.15, 0.2) is 6.04 Å². The number of hydrogen-bond donors (Lipinski definition) is 1. The van der Waals surface area contributed by atoms with Crippen molar-refractivity contribution >= 4 is 29.6 Å². The monoisotopic (exact) mass is 373 g/mol. The van der Waals surface area contributed by atoms with Crippen molar-refractivity contribution in [3.8, 4) is 0 Å². The van der Waals surface area contributed by atoms with Crippen molar-refractivity contribution in [2.75, 3.05) is 23.3 Å². The first kappa shape index (κ1) is 17.2. The van der Waals surface area contributed by atoms with Crippen LogP contribution in [0.3, 0.4) is 0 Å². The predicted molar refractivity (Wildman–Crippen MR) is 112 cm³/mol. The lowest BCUT2D eigenvalue weighted by atomic mass is 9.90. The molecule has 5 nitrogen and oxygen atoms in total. The van der Waals surface area contributed by atoms with Crippen LogP contribution in [0.2, 0.25) is 0 Å². The SMILES string of the molecule is CC1Nc2cnc(/C=C/C=C/c3cc4c5c(c3)CCCN5CCC4)c[n+]2C1=O. The Morgan fingerprint density at radius 1 is 1.14 bits per heavy atom. The van der Waals surface area contributed by atoms with E-state index in [1.807, 2.05) is 19.1 Å². The van der Waals surface area contributed by atoms with Gasteiger partial charge in [-0.3, -0.25) is 5.32 Å². The molecule has 1 aromatic heterocycles. The molecule has 1 aromatic carbocycles. The number of carbonyl (C=O) groups is 1. The van der Waals surface area contributed by atoms with Gasteiger partial charge in [-0.2, -0.15) is 4.57 Å². The van der Waals surface area contributed by atoms with Gasteiger partial charge in [-0.15, -0.1) is 0 Å². The Bertz CT molecular complexity index is 977. The smallest absolute Gasteiger partial charge is 0.358 e. The third-order valence-corrected chi connectivity index (χ3v) is 5.85. The molecule has 142 valence electrons. The summed E-state index contributed by atoms with van der Waals surface area (Å²) in [4.78, 5) is 19.1. The molecule has 3 aliphatic heterocycles. The summed E-state index contributed by atoms with van der Waals surface area (Å²) in [5, 5.41) is 3.12. The van der Waals surface area contributed by atoms with Gasteiger partial charge in [0.2, 0.25) is 0 Å². The van der Waals surface area contributed by atoms with E-state index in [-0.39, 0.29) is 11.9 Å². The lowest BCUT2D eigenvalue weighted by Crippen LogP contribution is -2.42. The van der Waals surface area contributed by atoms with E-state index in [4.69, 9.17) is 0 Å². The van der Waals surface area contributed by atoms with Crippen LogP contribution in [0.4, 0.5) is 11.5 Å². The molecule has 1 N–H and O–H groups in total. The van der Waals surface area contributed by atoms with Crippen LogP contribution in [0.1, 0.15) is 46.9 Å². The summed E-state index contributed by atoms with van der Waals surface area (Å²) < 4.78 is 1.64. The number of aromatic nitrogens is 2. The minimum absolute atomic E-state index is 0.0552. The second-order valence-corrected chi connectivity index (χ2v) is 7.87. The lowest BCUT2D eigenvalue weighted by molar-refractivity contribution is -0.553. The maximum absolute atomic E-state index is 12.1. The van der Waals surface area contributed by atoms with Gasteiger partial charge in [-0.25, -0.2) is 9.78 Å². The van der Waals surface area contributed by atoms with Crippen LogP contribution >= 0.6 is 0 Å². The average molecular weight is 373 g/mol. The van der Waals surface area contributed by atoms with Gasteiger partial charge < -0.3 is 4.90 Å². The van der Waals surface area contributed by atoms with E-state index >= 15 is 0 Å². The molecular formula is C23H25N4O+. The lowest BCUT2D eigenvalue weighted by Gasteiger charge is -2.37. The van der Waals surface area contributed by atoms with E-state index < -0.39 is 0 Å². The summed E-state index contributed by atoms with van der Waals surface area (Å²) in [6.07, 6.45) is 16.5. The van der Waals surface area contributed by atoms with Crippen LogP contribution in [0.15, 0.2) is 36.7 Å². The summed E-state index contributed by atoms with van der Waals surface area (Å²) in [5.74, 6) is 0.807. The number of rotatable bonds is 3. The third-order valence-electron chi connectivity index (χ3n) is 5.85. The summed E-state index contributed by atoms with van der Waals surface area (Å²) in [6, 6.07) is 4.49. The first-order chi connectivity index (χ1) is 13.7. The zero-order valence-electron chi connectivity index (χ0n) is 16.2. The Labute approximate surface area is 165 Å². The first-order valence-corrected chi connectivity index (χ1v) is 10.2. The molecule has 2 aromatic rings. The van der Waals surface area contributed by atoms with E-state index in [1.54, 1.807) is 17.0 Å². The molecule has 0 radical (unpaired) electrons. The van der Waals surface area contributed by atoms with Crippen LogP contribution < -0.4 is 14.8 Å². The van der Waals surface area contributed by atoms with Crippen LogP contribution in [0.5, 0.6) is 0 Å². The van der Waals surface area contributed by atoms with Gasteiger partial charge in [-0.05, 0) is 67.5 Å². The van der Waals surface area contributed by atoms with E-state index in [2.05, 4.69) is 39.5 Å². The fourth-order valence-corrected chi connectivity index (χ4v) is 4.55. The molecule has 0 spiro atoms. The Hall–Kier alpha value is -2.95. The Morgan fingerprint density at radius 2 is 1.86 bits per heavy atom. The predicted octanol–water partition coefficient (Wildman–Crippen LogP) is 3.25. The summed E-state index contributed by atoms with van der Waals surface area (Å²) in [5.41, 5.74) is 6.56. The molecule has 4 heterocycles. The van der Waals surface area contributed by atoms with E-state index in [1.165, 1.54) is 61.2 Å². The molecule has 3 aliphatic rings. The van der Waals surface area contributed by atoms with E-state index in [9.17, 15) is 4.79 Å². The topological polar surface area (TPSA) is 49.1 Å². The fraction of sp³-hybridized carbons (Fsp3) is 0.348. The number of aryl methyl sites for hydroxylation is 2. The Balaban J connectivity index is 1.34. The third kappa shape index (κ3) is 3.01. The zero-order valence-corrected chi connectivity index (χ0v) is 16.2. The Kier molecular flexibility index (Phi) is 4.23. The highest BCUT2D eigenvalue weighted by atomic mass is 16.2. The maximum atomic E-state index is 12.1. The van der Waals surface area contributed by atoms with Crippen LogP contribution in [0.25, 0.3) is 12.2 Å². The quantitative estimate of drug-likeness (QED) is 0.663. The zero-order chi connectivity index (χ0) is 19.1. The van der Waals surface area contributed by atoms with Crippen molar-refractivity contribution < 1.29 is 9.36 Å². The summed E-state index contributed by atoms with van der Waals surface area (Å²) in [6.45, 7) is 4.28. The summed E-state index contributed by atoms with van der Waals surface area (Å²) >= 11 is 0. The molecule has 28 heavy (non-hydrogen) atoms. The largest absolute Gasteiger partial charge is 0.371 e. The molecule has 0 saturated carbocycles. The van der Waals surface area contributed by atoms with Crippen LogP contribution in [0, 0.1) is 0 Å². The van der Waals surface area contributed by atoms with Crippen LogP contribution in [-0.4, -0.2) is 30.0 Å². The molecular weight excluding hydrogens is 348 g/mol. The number of carbonyl (C=O) groups excluding carboxylic acids is 1. The highest BCUT2D eigenvalue weighted by molar-refractivity contribution is 5.80. The number of fused-ring (bicyclic) bond motifs is 1. The number of benzene rings is 1. The normalized spacial score (nSPS) is 20.5. The second-order valence-electron chi connectivity index (χ2n) is 7.87. The molecule has 1 atom stereocenters. The van der Waals surface area contributed by atoms with Gasteiger partial charge >= 0.3 is 11.7 Å². The van der Waals surface area contributed by atoms with E-state index in [0.717, 1.165) is 11.5 Å². The fourth-order valence-electron chi connectivity index (χ4n) is 4.55. The average Bonchev–Trinajstić information content (AvgIpc) is 2.99. The second kappa shape index (κ2) is 6.89. The van der Waals surface area contributed by atoms with Gasteiger partial charge in [0, 0.05) is 18.8 Å². The van der Waals surface area contributed by atoms with Gasteiger partial charge in [0.25, 0.3) is 0 Å². The molecule has 0 fully saturated rings. The standard InChI is InChI=1S/C23H24N4O/c1-16-23(28)27-15-20(24-14-21(27)25-16)9-3-2-6-17-12-18-7-4-10-26-11-5-8-19(13-17)22(18)26/h2-3,6,9,12-16H,4-5,7-8,10-11H2,1H3/p+1/b6-2+,9-3+. The number of nitrogens with zero attached hydrogens (tertiary/aromatic N) is 3. The summed E-state index contributed by atoms with van der Waals surface area (Å²) in [7, 11) is 0. The van der Waals surface area contributed by atoms with E-state index in [0.29, 0.717) is 0 Å². The number of anilines is 2. The van der Waals surface area contributed by atoms with Crippen molar-refractivity contribution in [1.82, 2.24) is 4.98 Å². The van der Waals surface area contributed by atoms with Crippen molar-refractivity contribution in [1.29, 1.82) is 0 Å². The molecule has 5 heteroatoms. The number of nitrogens with one attached hydrogen (secondary N) is 1. The first-order valence-electron chi connectivity index (χ1n) is 10.2. The minimum atomic E-state index is -0.193. The number of hydrogen-bond acceptors (Lipinski definition) is 4. The highest BCUT2D eigenvalue weighted by Crippen LogP contribution is 2.36. The van der Waals surface area contributed by atoms with Crippen molar-refractivity contribution in [2.45, 2.75) is 38.6 Å². The van der Waals surface area contributed by atoms with Crippen molar-refractivity contribution in [2.24, 2.45) is 0 Å².